The first kappa shape index (κ1) is 17.6. The number of hydrogen-bond donors (Lipinski definition) is 1. The van der Waals surface area contributed by atoms with E-state index in [9.17, 15) is 8.42 Å². The summed E-state index contributed by atoms with van der Waals surface area (Å²) in [5, 5.41) is 0.551. The van der Waals surface area contributed by atoms with Gasteiger partial charge in [0.25, 0.3) is 10.0 Å². The van der Waals surface area contributed by atoms with Gasteiger partial charge in [0.2, 0.25) is 0 Å². The molecule has 4 rings (SSSR count). The van der Waals surface area contributed by atoms with Crippen LogP contribution < -0.4 is 4.72 Å². The van der Waals surface area contributed by atoms with E-state index in [-0.39, 0.29) is 4.21 Å². The number of aromatic nitrogens is 1. The van der Waals surface area contributed by atoms with Crippen LogP contribution in [0.1, 0.15) is 37.5 Å². The molecular formula is C18H17ClN2O3S2. The van der Waals surface area contributed by atoms with E-state index in [1.54, 1.807) is 42.6 Å². The van der Waals surface area contributed by atoms with E-state index in [1.807, 2.05) is 0 Å². The van der Waals surface area contributed by atoms with Crippen molar-refractivity contribution in [2.45, 2.75) is 35.8 Å². The number of oxazole rings is 1. The maximum absolute atomic E-state index is 12.6. The highest BCUT2D eigenvalue weighted by Gasteiger charge is 2.23. The van der Waals surface area contributed by atoms with Gasteiger partial charge in [-0.3, -0.25) is 4.72 Å². The molecule has 1 fully saturated rings. The first-order valence-corrected chi connectivity index (χ1v) is 11.0. The predicted molar refractivity (Wildman–Crippen MR) is 103 cm³/mol. The fourth-order valence-corrected chi connectivity index (χ4v) is 5.52. The van der Waals surface area contributed by atoms with Gasteiger partial charge in [-0.05, 0) is 49.2 Å². The van der Waals surface area contributed by atoms with Crippen molar-refractivity contribution in [3.8, 4) is 10.6 Å². The Morgan fingerprint density at radius 2 is 1.85 bits per heavy atom. The largest absolute Gasteiger partial charge is 0.440 e. The maximum atomic E-state index is 12.6. The van der Waals surface area contributed by atoms with Crippen LogP contribution in [0.5, 0.6) is 0 Å². The summed E-state index contributed by atoms with van der Waals surface area (Å²) in [5.41, 5.74) is 0.465. The molecule has 26 heavy (non-hydrogen) atoms. The normalized spacial score (nSPS) is 15.4. The molecule has 1 aliphatic carbocycles. The summed E-state index contributed by atoms with van der Waals surface area (Å²) < 4.78 is 33.8. The second kappa shape index (κ2) is 7.06. The van der Waals surface area contributed by atoms with E-state index in [0.29, 0.717) is 22.4 Å². The third-order valence-electron chi connectivity index (χ3n) is 4.41. The van der Waals surface area contributed by atoms with E-state index in [0.717, 1.165) is 34.9 Å². The van der Waals surface area contributed by atoms with Gasteiger partial charge in [-0.25, -0.2) is 13.4 Å². The van der Waals surface area contributed by atoms with Gasteiger partial charge >= 0.3 is 0 Å². The van der Waals surface area contributed by atoms with Gasteiger partial charge in [0, 0.05) is 16.6 Å². The number of benzene rings is 1. The second-order valence-electron chi connectivity index (χ2n) is 6.28. The van der Waals surface area contributed by atoms with Crippen LogP contribution in [0.25, 0.3) is 10.6 Å². The fraction of sp³-hybridized carbons (Fsp3) is 0.278. The summed E-state index contributed by atoms with van der Waals surface area (Å²) in [6.07, 6.45) is 6.31. The number of thiophene rings is 1. The Balaban J connectivity index is 1.54. The number of hydrogen-bond acceptors (Lipinski definition) is 5. The molecule has 1 aliphatic rings. The lowest BCUT2D eigenvalue weighted by Crippen LogP contribution is -2.11. The summed E-state index contributed by atoms with van der Waals surface area (Å²) in [6, 6.07) is 9.85. The van der Waals surface area contributed by atoms with Crippen LogP contribution in [0.3, 0.4) is 0 Å². The van der Waals surface area contributed by atoms with Gasteiger partial charge < -0.3 is 4.42 Å². The molecule has 0 amide bonds. The molecule has 0 saturated heterocycles. The first-order valence-electron chi connectivity index (χ1n) is 8.35. The summed E-state index contributed by atoms with van der Waals surface area (Å²) in [6.45, 7) is 0. The molecular weight excluding hydrogens is 392 g/mol. The third-order valence-corrected chi connectivity index (χ3v) is 7.64. The quantitative estimate of drug-likeness (QED) is 0.603. The number of rotatable bonds is 5. The van der Waals surface area contributed by atoms with Crippen LogP contribution in [0.2, 0.25) is 5.02 Å². The van der Waals surface area contributed by atoms with E-state index in [4.69, 9.17) is 16.0 Å². The minimum absolute atomic E-state index is 0.223. The Kier molecular flexibility index (Phi) is 4.77. The van der Waals surface area contributed by atoms with Crippen molar-refractivity contribution in [1.82, 2.24) is 4.98 Å². The van der Waals surface area contributed by atoms with Crippen molar-refractivity contribution in [1.29, 1.82) is 0 Å². The standard InChI is InChI=1S/C18H17ClN2O3S2/c19-13-5-7-14(8-6-13)21-26(22,23)17-10-9-16(25-17)15-11-20-18(24-15)12-3-1-2-4-12/h5-12,21H,1-4H2. The molecule has 0 aliphatic heterocycles. The van der Waals surface area contributed by atoms with Crippen molar-refractivity contribution >= 4 is 38.6 Å². The fourth-order valence-electron chi connectivity index (χ4n) is 3.08. The molecule has 0 bridgehead atoms. The minimum Gasteiger partial charge on any atom is -0.440 e. The molecule has 2 aromatic heterocycles. The van der Waals surface area contributed by atoms with E-state index >= 15 is 0 Å². The molecule has 0 atom stereocenters. The zero-order valence-corrected chi connectivity index (χ0v) is 16.2. The molecule has 0 spiro atoms. The zero-order valence-electron chi connectivity index (χ0n) is 13.8. The summed E-state index contributed by atoms with van der Waals surface area (Å²) >= 11 is 6.99. The smallest absolute Gasteiger partial charge is 0.271 e. The molecule has 1 aromatic carbocycles. The number of anilines is 1. The van der Waals surface area contributed by atoms with E-state index in [2.05, 4.69) is 9.71 Å². The Labute approximate surface area is 161 Å². The average molecular weight is 409 g/mol. The average Bonchev–Trinajstić information content (AvgIpc) is 3.36. The molecule has 1 N–H and O–H groups in total. The van der Waals surface area contributed by atoms with Crippen LogP contribution in [0.15, 0.2) is 51.2 Å². The summed E-state index contributed by atoms with van der Waals surface area (Å²) in [5.74, 6) is 1.76. The van der Waals surface area contributed by atoms with Gasteiger partial charge in [0.15, 0.2) is 11.7 Å². The van der Waals surface area contributed by atoms with Crippen LogP contribution in [0, 0.1) is 0 Å². The van der Waals surface area contributed by atoms with E-state index < -0.39 is 10.0 Å². The second-order valence-corrected chi connectivity index (χ2v) is 9.70. The molecule has 136 valence electrons. The first-order chi connectivity index (χ1) is 12.5. The highest BCUT2D eigenvalue weighted by atomic mass is 35.5. The van der Waals surface area contributed by atoms with Crippen molar-refractivity contribution < 1.29 is 12.8 Å². The number of sulfonamides is 1. The van der Waals surface area contributed by atoms with Crippen molar-refractivity contribution in [3.05, 3.63) is 53.5 Å². The number of nitrogens with zero attached hydrogens (tertiary/aromatic N) is 1. The van der Waals surface area contributed by atoms with Gasteiger partial charge in [-0.2, -0.15) is 0 Å². The predicted octanol–water partition coefficient (Wildman–Crippen LogP) is 5.51. The Morgan fingerprint density at radius 1 is 1.12 bits per heavy atom. The monoisotopic (exact) mass is 408 g/mol. The van der Waals surface area contributed by atoms with Crippen LogP contribution in [0.4, 0.5) is 5.69 Å². The molecule has 2 heterocycles. The van der Waals surface area contributed by atoms with Crippen molar-refractivity contribution in [2.75, 3.05) is 4.72 Å². The molecule has 0 unspecified atom stereocenters. The van der Waals surface area contributed by atoms with Crippen LogP contribution in [-0.2, 0) is 10.0 Å². The third kappa shape index (κ3) is 3.65. The topological polar surface area (TPSA) is 72.2 Å². The molecule has 1 saturated carbocycles. The lowest BCUT2D eigenvalue weighted by Gasteiger charge is -2.05. The van der Waals surface area contributed by atoms with Crippen LogP contribution in [-0.4, -0.2) is 13.4 Å². The Morgan fingerprint density at radius 3 is 2.58 bits per heavy atom. The molecule has 3 aromatic rings. The van der Waals surface area contributed by atoms with Gasteiger partial charge in [0.05, 0.1) is 11.1 Å². The molecule has 8 heteroatoms. The number of nitrogens with one attached hydrogen (secondary N) is 1. The SMILES string of the molecule is O=S(=O)(Nc1ccc(Cl)cc1)c1ccc(-c2cnc(C3CCCC3)o2)s1. The Bertz CT molecular complexity index is 1000. The van der Waals surface area contributed by atoms with Gasteiger partial charge in [-0.15, -0.1) is 11.3 Å². The van der Waals surface area contributed by atoms with Gasteiger partial charge in [0.1, 0.15) is 4.21 Å². The Hall–Kier alpha value is -1.83. The summed E-state index contributed by atoms with van der Waals surface area (Å²) in [7, 11) is -3.66. The molecule has 5 nitrogen and oxygen atoms in total. The summed E-state index contributed by atoms with van der Waals surface area (Å²) in [4.78, 5) is 5.13. The number of halogens is 1. The minimum atomic E-state index is -3.66. The lowest BCUT2D eigenvalue weighted by atomic mass is 10.1. The zero-order chi connectivity index (χ0) is 18.1. The lowest BCUT2D eigenvalue weighted by molar-refractivity contribution is 0.458. The molecule has 0 radical (unpaired) electrons. The van der Waals surface area contributed by atoms with Gasteiger partial charge in [-0.1, -0.05) is 24.4 Å². The highest BCUT2D eigenvalue weighted by molar-refractivity contribution is 7.94. The van der Waals surface area contributed by atoms with Crippen LogP contribution >= 0.6 is 22.9 Å². The van der Waals surface area contributed by atoms with E-state index in [1.165, 1.54) is 12.8 Å². The maximum Gasteiger partial charge on any atom is 0.271 e. The highest BCUT2D eigenvalue weighted by Crippen LogP contribution is 2.37. The van der Waals surface area contributed by atoms with Crippen molar-refractivity contribution in [2.24, 2.45) is 0 Å². The van der Waals surface area contributed by atoms with Crippen molar-refractivity contribution in [3.63, 3.8) is 0 Å².